The maximum absolute atomic E-state index is 5.30. The molecule has 0 saturated carbocycles. The van der Waals surface area contributed by atoms with E-state index in [1.54, 1.807) is 6.26 Å². The van der Waals surface area contributed by atoms with Crippen LogP contribution in [0.2, 0.25) is 0 Å². The van der Waals surface area contributed by atoms with E-state index >= 15 is 0 Å². The second-order valence-electron chi connectivity index (χ2n) is 3.38. The van der Waals surface area contributed by atoms with E-state index in [4.69, 9.17) is 4.42 Å². The third-order valence-electron chi connectivity index (χ3n) is 2.20. The van der Waals surface area contributed by atoms with Crippen LogP contribution in [0.5, 0.6) is 0 Å². The highest BCUT2D eigenvalue weighted by Gasteiger charge is 2.23. The first-order valence-corrected chi connectivity index (χ1v) is 3.75. The van der Waals surface area contributed by atoms with Gasteiger partial charge in [0, 0.05) is 5.41 Å². The monoisotopic (exact) mass is 150 g/mol. The fourth-order valence-electron chi connectivity index (χ4n) is 0.845. The number of furan rings is 1. The van der Waals surface area contributed by atoms with Gasteiger partial charge in [0.1, 0.15) is 5.76 Å². The first-order chi connectivity index (χ1) is 5.05. The van der Waals surface area contributed by atoms with Crippen LogP contribution < -0.4 is 0 Å². The van der Waals surface area contributed by atoms with Crippen molar-refractivity contribution in [2.75, 3.05) is 0 Å². The minimum atomic E-state index is -0.0382. The van der Waals surface area contributed by atoms with Crippen LogP contribution in [0.3, 0.4) is 0 Å². The number of rotatable bonds is 2. The molecule has 11 heavy (non-hydrogen) atoms. The molecule has 1 heteroatoms. The van der Waals surface area contributed by atoms with E-state index in [-0.39, 0.29) is 5.41 Å². The first kappa shape index (κ1) is 8.12. The minimum absolute atomic E-state index is 0.0382. The fraction of sp³-hybridized carbons (Fsp3) is 0.400. The summed E-state index contributed by atoms with van der Waals surface area (Å²) in [6.45, 7) is 10.1. The average Bonchev–Trinajstić information content (AvgIpc) is 2.37. The van der Waals surface area contributed by atoms with Gasteiger partial charge in [-0.15, -0.1) is 0 Å². The molecule has 1 aromatic heterocycles. The quantitative estimate of drug-likeness (QED) is 0.590. The molecular formula is C10H14O. The molecule has 0 radical (unpaired) electrons. The van der Waals surface area contributed by atoms with Gasteiger partial charge in [0.15, 0.2) is 0 Å². The molecule has 1 aromatic rings. The van der Waals surface area contributed by atoms with Crippen LogP contribution in [0.15, 0.2) is 35.0 Å². The smallest absolute Gasteiger partial charge is 0.113 e. The summed E-state index contributed by atoms with van der Waals surface area (Å²) in [5.74, 6) is 0.977. The average molecular weight is 150 g/mol. The highest BCUT2D eigenvalue weighted by atomic mass is 16.3. The standard InChI is InChI=1S/C10H14O/c1-8(2)10(3,4)9-6-5-7-11-9/h5-7H,1H2,2-4H3. The molecule has 60 valence electrons. The highest BCUT2D eigenvalue weighted by Crippen LogP contribution is 2.29. The minimum Gasteiger partial charge on any atom is -0.468 e. The van der Waals surface area contributed by atoms with Crippen LogP contribution in [0.25, 0.3) is 0 Å². The maximum Gasteiger partial charge on any atom is 0.113 e. The number of hydrogen-bond donors (Lipinski definition) is 0. The van der Waals surface area contributed by atoms with Crippen LogP contribution in [0, 0.1) is 0 Å². The van der Waals surface area contributed by atoms with Crippen molar-refractivity contribution in [2.45, 2.75) is 26.2 Å². The van der Waals surface area contributed by atoms with Gasteiger partial charge >= 0.3 is 0 Å². The van der Waals surface area contributed by atoms with E-state index in [0.29, 0.717) is 0 Å². The second-order valence-corrected chi connectivity index (χ2v) is 3.38. The van der Waals surface area contributed by atoms with Crippen molar-refractivity contribution in [3.63, 3.8) is 0 Å². The summed E-state index contributed by atoms with van der Waals surface area (Å²) < 4.78 is 5.30. The van der Waals surface area contributed by atoms with E-state index in [2.05, 4.69) is 20.4 Å². The van der Waals surface area contributed by atoms with Crippen molar-refractivity contribution in [3.8, 4) is 0 Å². The largest absolute Gasteiger partial charge is 0.468 e. The molecule has 0 spiro atoms. The molecule has 1 rings (SSSR count). The Balaban J connectivity index is 3.00. The van der Waals surface area contributed by atoms with Gasteiger partial charge in [-0.1, -0.05) is 12.2 Å². The molecule has 1 nitrogen and oxygen atoms in total. The maximum atomic E-state index is 5.30. The molecule has 0 atom stereocenters. The van der Waals surface area contributed by atoms with Crippen LogP contribution in [-0.4, -0.2) is 0 Å². The van der Waals surface area contributed by atoms with Gasteiger partial charge in [-0.05, 0) is 32.9 Å². The Morgan fingerprint density at radius 3 is 2.55 bits per heavy atom. The third-order valence-corrected chi connectivity index (χ3v) is 2.20. The molecule has 1 heterocycles. The van der Waals surface area contributed by atoms with Gasteiger partial charge in [0.05, 0.1) is 6.26 Å². The normalized spacial score (nSPS) is 11.5. The zero-order valence-corrected chi connectivity index (χ0v) is 7.35. The zero-order chi connectivity index (χ0) is 8.48. The van der Waals surface area contributed by atoms with Crippen molar-refractivity contribution in [3.05, 3.63) is 36.3 Å². The number of hydrogen-bond acceptors (Lipinski definition) is 1. The molecule has 0 amide bonds. The predicted octanol–water partition coefficient (Wildman–Crippen LogP) is 3.13. The van der Waals surface area contributed by atoms with E-state index in [0.717, 1.165) is 11.3 Å². The van der Waals surface area contributed by atoms with E-state index in [9.17, 15) is 0 Å². The summed E-state index contributed by atoms with van der Waals surface area (Å²) in [5.41, 5.74) is 1.08. The van der Waals surface area contributed by atoms with Gasteiger partial charge in [-0.2, -0.15) is 0 Å². The lowest BCUT2D eigenvalue weighted by atomic mass is 9.84. The summed E-state index contributed by atoms with van der Waals surface area (Å²) >= 11 is 0. The highest BCUT2D eigenvalue weighted by molar-refractivity contribution is 5.23. The van der Waals surface area contributed by atoms with Crippen molar-refractivity contribution in [1.82, 2.24) is 0 Å². The fourth-order valence-corrected chi connectivity index (χ4v) is 0.845. The molecule has 0 fully saturated rings. The van der Waals surface area contributed by atoms with Crippen LogP contribution >= 0.6 is 0 Å². The van der Waals surface area contributed by atoms with Gasteiger partial charge < -0.3 is 4.42 Å². The van der Waals surface area contributed by atoms with Gasteiger partial charge in [0.25, 0.3) is 0 Å². The lowest BCUT2D eigenvalue weighted by Gasteiger charge is -2.21. The summed E-state index contributed by atoms with van der Waals surface area (Å²) in [6.07, 6.45) is 1.69. The Bertz CT molecular complexity index is 242. The molecule has 0 N–H and O–H groups in total. The van der Waals surface area contributed by atoms with Crippen molar-refractivity contribution < 1.29 is 4.42 Å². The SMILES string of the molecule is C=C(C)C(C)(C)c1ccco1. The topological polar surface area (TPSA) is 13.1 Å². The van der Waals surface area contributed by atoms with Crippen LogP contribution in [-0.2, 0) is 5.41 Å². The van der Waals surface area contributed by atoms with Gasteiger partial charge in [-0.25, -0.2) is 0 Å². The third kappa shape index (κ3) is 1.37. The van der Waals surface area contributed by atoms with Crippen molar-refractivity contribution in [1.29, 1.82) is 0 Å². The van der Waals surface area contributed by atoms with Crippen molar-refractivity contribution >= 4 is 0 Å². The molecular weight excluding hydrogens is 136 g/mol. The Kier molecular flexibility index (Phi) is 1.90. The molecule has 0 saturated heterocycles. The second kappa shape index (κ2) is 2.57. The lowest BCUT2D eigenvalue weighted by Crippen LogP contribution is -2.16. The molecule has 0 aliphatic heterocycles. The molecule has 0 unspecified atom stereocenters. The molecule has 0 aliphatic rings. The Labute approximate surface area is 67.7 Å². The zero-order valence-electron chi connectivity index (χ0n) is 7.35. The van der Waals surface area contributed by atoms with Crippen molar-refractivity contribution in [2.24, 2.45) is 0 Å². The van der Waals surface area contributed by atoms with E-state index in [1.165, 1.54) is 0 Å². The lowest BCUT2D eigenvalue weighted by molar-refractivity contribution is 0.425. The molecule has 0 aliphatic carbocycles. The summed E-state index contributed by atoms with van der Waals surface area (Å²) in [6, 6.07) is 3.88. The van der Waals surface area contributed by atoms with E-state index in [1.807, 2.05) is 19.1 Å². The van der Waals surface area contributed by atoms with Gasteiger partial charge in [0.2, 0.25) is 0 Å². The summed E-state index contributed by atoms with van der Waals surface area (Å²) in [5, 5.41) is 0. The number of allylic oxidation sites excluding steroid dienone is 1. The summed E-state index contributed by atoms with van der Waals surface area (Å²) in [7, 11) is 0. The Morgan fingerprint density at radius 1 is 1.55 bits per heavy atom. The molecule has 0 bridgehead atoms. The van der Waals surface area contributed by atoms with E-state index < -0.39 is 0 Å². The Hall–Kier alpha value is -0.980. The predicted molar refractivity (Wildman–Crippen MR) is 46.5 cm³/mol. The van der Waals surface area contributed by atoms with Crippen LogP contribution in [0.1, 0.15) is 26.5 Å². The summed E-state index contributed by atoms with van der Waals surface area (Å²) in [4.78, 5) is 0. The molecule has 0 aromatic carbocycles. The van der Waals surface area contributed by atoms with Crippen LogP contribution in [0.4, 0.5) is 0 Å². The first-order valence-electron chi connectivity index (χ1n) is 3.75. The Morgan fingerprint density at radius 2 is 2.18 bits per heavy atom. The van der Waals surface area contributed by atoms with Gasteiger partial charge in [-0.3, -0.25) is 0 Å².